The number of primary amides is 1. The van der Waals surface area contributed by atoms with Gasteiger partial charge in [0.15, 0.2) is 0 Å². The first-order valence-corrected chi connectivity index (χ1v) is 6.43. The second kappa shape index (κ2) is 5.40. The van der Waals surface area contributed by atoms with Gasteiger partial charge in [-0.3, -0.25) is 9.59 Å². The minimum atomic E-state index is -0.524. The number of nitrogens with zero attached hydrogens (tertiary/aromatic N) is 1. The maximum absolute atomic E-state index is 12.4. The second-order valence-electron chi connectivity index (χ2n) is 5.13. The monoisotopic (exact) mass is 261 g/mol. The number of nitrogens with two attached hydrogens (primary N) is 2. The largest absolute Gasteiger partial charge is 0.366 e. The minimum absolute atomic E-state index is 0.0677. The van der Waals surface area contributed by atoms with Gasteiger partial charge >= 0.3 is 0 Å². The lowest BCUT2D eigenvalue weighted by atomic mass is 9.94. The summed E-state index contributed by atoms with van der Waals surface area (Å²) in [6.45, 7) is 3.36. The first kappa shape index (κ1) is 13.5. The molecule has 2 unspecified atom stereocenters. The third-order valence-electron chi connectivity index (χ3n) is 3.65. The zero-order valence-corrected chi connectivity index (χ0v) is 11.0. The van der Waals surface area contributed by atoms with Gasteiger partial charge in [0.1, 0.15) is 0 Å². The lowest BCUT2D eigenvalue weighted by Gasteiger charge is -2.35. The molecule has 0 aliphatic carbocycles. The van der Waals surface area contributed by atoms with E-state index < -0.39 is 5.91 Å². The fraction of sp³-hybridized carbons (Fsp3) is 0.429. The van der Waals surface area contributed by atoms with Crippen molar-refractivity contribution in [1.29, 1.82) is 0 Å². The van der Waals surface area contributed by atoms with Crippen LogP contribution >= 0.6 is 0 Å². The van der Waals surface area contributed by atoms with E-state index in [-0.39, 0.29) is 17.9 Å². The number of rotatable bonds is 2. The van der Waals surface area contributed by atoms with E-state index in [2.05, 4.69) is 0 Å². The molecule has 5 nitrogen and oxygen atoms in total. The van der Waals surface area contributed by atoms with Crippen LogP contribution in [0, 0.1) is 5.92 Å². The molecule has 1 aromatic carbocycles. The summed E-state index contributed by atoms with van der Waals surface area (Å²) < 4.78 is 0. The van der Waals surface area contributed by atoms with Crippen LogP contribution in [0.15, 0.2) is 24.3 Å². The highest BCUT2D eigenvalue weighted by Gasteiger charge is 2.26. The van der Waals surface area contributed by atoms with Crippen LogP contribution in [0.3, 0.4) is 0 Å². The van der Waals surface area contributed by atoms with Gasteiger partial charge in [0.25, 0.3) is 5.91 Å². The van der Waals surface area contributed by atoms with Crippen molar-refractivity contribution in [2.24, 2.45) is 17.4 Å². The summed E-state index contributed by atoms with van der Waals surface area (Å²) in [7, 11) is 0. The highest BCUT2D eigenvalue weighted by Crippen LogP contribution is 2.18. The standard InChI is InChI=1S/C14H19N3O2/c1-9-8-17(6-5-12(9)15)14(19)11-4-2-3-10(7-11)13(16)18/h2-4,7,9,12H,5-6,8,15H2,1H3,(H2,16,18). The molecule has 0 bridgehead atoms. The molecular weight excluding hydrogens is 242 g/mol. The van der Waals surface area contributed by atoms with E-state index in [1.807, 2.05) is 6.92 Å². The molecule has 2 amide bonds. The Balaban J connectivity index is 2.16. The third kappa shape index (κ3) is 2.93. The van der Waals surface area contributed by atoms with Gasteiger partial charge in [-0.2, -0.15) is 0 Å². The van der Waals surface area contributed by atoms with Crippen LogP contribution in [0.25, 0.3) is 0 Å². The van der Waals surface area contributed by atoms with Crippen molar-refractivity contribution in [3.05, 3.63) is 35.4 Å². The van der Waals surface area contributed by atoms with Gasteiger partial charge in [-0.05, 0) is 30.5 Å². The van der Waals surface area contributed by atoms with Crippen molar-refractivity contribution in [1.82, 2.24) is 4.90 Å². The fourth-order valence-electron chi connectivity index (χ4n) is 2.34. The highest BCUT2D eigenvalue weighted by atomic mass is 16.2. The minimum Gasteiger partial charge on any atom is -0.366 e. The summed E-state index contributed by atoms with van der Waals surface area (Å²) >= 11 is 0. The van der Waals surface area contributed by atoms with Gasteiger partial charge in [-0.15, -0.1) is 0 Å². The van der Waals surface area contributed by atoms with E-state index >= 15 is 0 Å². The van der Waals surface area contributed by atoms with Gasteiger partial charge in [-0.25, -0.2) is 0 Å². The summed E-state index contributed by atoms with van der Waals surface area (Å²) in [5, 5.41) is 0. The predicted molar refractivity (Wildman–Crippen MR) is 72.6 cm³/mol. The number of benzene rings is 1. The van der Waals surface area contributed by atoms with E-state index in [0.717, 1.165) is 6.42 Å². The van der Waals surface area contributed by atoms with Gasteiger partial charge in [0, 0.05) is 30.3 Å². The molecule has 2 rings (SSSR count). The zero-order valence-electron chi connectivity index (χ0n) is 11.0. The van der Waals surface area contributed by atoms with Crippen molar-refractivity contribution in [2.75, 3.05) is 13.1 Å². The van der Waals surface area contributed by atoms with E-state index in [9.17, 15) is 9.59 Å². The quantitative estimate of drug-likeness (QED) is 0.816. The van der Waals surface area contributed by atoms with Crippen LogP contribution in [0.5, 0.6) is 0 Å². The molecule has 5 heteroatoms. The Morgan fingerprint density at radius 2 is 2.00 bits per heavy atom. The molecule has 0 radical (unpaired) electrons. The van der Waals surface area contributed by atoms with Crippen LogP contribution in [0.1, 0.15) is 34.1 Å². The van der Waals surface area contributed by atoms with E-state index in [0.29, 0.717) is 24.2 Å². The maximum atomic E-state index is 12.4. The highest BCUT2D eigenvalue weighted by molar-refractivity contribution is 5.99. The Hall–Kier alpha value is -1.88. The number of likely N-dealkylation sites (tertiary alicyclic amines) is 1. The molecule has 2 atom stereocenters. The SMILES string of the molecule is CC1CN(C(=O)c2cccc(C(N)=O)c2)CCC1N. The number of hydrogen-bond donors (Lipinski definition) is 2. The van der Waals surface area contributed by atoms with E-state index in [1.54, 1.807) is 29.2 Å². The van der Waals surface area contributed by atoms with Gasteiger partial charge in [-0.1, -0.05) is 13.0 Å². The average molecular weight is 261 g/mol. The summed E-state index contributed by atoms with van der Waals surface area (Å²) in [6.07, 6.45) is 0.808. The molecule has 1 saturated heterocycles. The summed E-state index contributed by atoms with van der Waals surface area (Å²) in [6, 6.07) is 6.68. The molecule has 1 aromatic rings. The van der Waals surface area contributed by atoms with Crippen LogP contribution in [0.4, 0.5) is 0 Å². The number of piperidine rings is 1. The Kier molecular flexibility index (Phi) is 3.85. The molecule has 0 spiro atoms. The second-order valence-corrected chi connectivity index (χ2v) is 5.13. The lowest BCUT2D eigenvalue weighted by Crippen LogP contribution is -2.48. The van der Waals surface area contributed by atoms with Crippen molar-refractivity contribution >= 4 is 11.8 Å². The van der Waals surface area contributed by atoms with E-state index in [4.69, 9.17) is 11.5 Å². The van der Waals surface area contributed by atoms with Crippen molar-refractivity contribution in [2.45, 2.75) is 19.4 Å². The maximum Gasteiger partial charge on any atom is 0.253 e. The summed E-state index contributed by atoms with van der Waals surface area (Å²) in [4.78, 5) is 25.3. The molecule has 102 valence electrons. The van der Waals surface area contributed by atoms with E-state index in [1.165, 1.54) is 0 Å². The van der Waals surface area contributed by atoms with Gasteiger partial charge in [0.2, 0.25) is 5.91 Å². The molecular formula is C14H19N3O2. The smallest absolute Gasteiger partial charge is 0.253 e. The predicted octanol–water partition coefficient (Wildman–Crippen LogP) is 0.595. The summed E-state index contributed by atoms with van der Waals surface area (Å²) in [5.74, 6) is -0.303. The molecule has 0 aromatic heterocycles. The number of hydrogen-bond acceptors (Lipinski definition) is 3. The Morgan fingerprint density at radius 1 is 1.32 bits per heavy atom. The van der Waals surface area contributed by atoms with Gasteiger partial charge in [0.05, 0.1) is 0 Å². The fourth-order valence-corrected chi connectivity index (χ4v) is 2.34. The van der Waals surface area contributed by atoms with Crippen LogP contribution in [-0.2, 0) is 0 Å². The Bertz CT molecular complexity index is 501. The first-order valence-electron chi connectivity index (χ1n) is 6.43. The van der Waals surface area contributed by atoms with Crippen molar-refractivity contribution in [3.63, 3.8) is 0 Å². The molecule has 4 N–H and O–H groups in total. The van der Waals surface area contributed by atoms with Crippen molar-refractivity contribution in [3.8, 4) is 0 Å². The summed E-state index contributed by atoms with van der Waals surface area (Å²) in [5.41, 5.74) is 12.0. The number of carbonyl (C=O) groups excluding carboxylic acids is 2. The van der Waals surface area contributed by atoms with Crippen molar-refractivity contribution < 1.29 is 9.59 Å². The average Bonchev–Trinajstić information content (AvgIpc) is 2.41. The number of amides is 2. The van der Waals surface area contributed by atoms with Gasteiger partial charge < -0.3 is 16.4 Å². The number of carbonyl (C=O) groups is 2. The third-order valence-corrected chi connectivity index (χ3v) is 3.65. The van der Waals surface area contributed by atoms with Crippen LogP contribution in [0.2, 0.25) is 0 Å². The Morgan fingerprint density at radius 3 is 2.63 bits per heavy atom. The zero-order chi connectivity index (χ0) is 14.0. The molecule has 1 aliphatic rings. The molecule has 1 fully saturated rings. The molecule has 1 aliphatic heterocycles. The Labute approximate surface area is 112 Å². The topological polar surface area (TPSA) is 89.4 Å². The first-order chi connectivity index (χ1) is 8.99. The molecule has 19 heavy (non-hydrogen) atoms. The van der Waals surface area contributed by atoms with Crippen LogP contribution in [-0.4, -0.2) is 35.8 Å². The normalized spacial score (nSPS) is 23.2. The lowest BCUT2D eigenvalue weighted by molar-refractivity contribution is 0.0664. The molecule has 1 heterocycles. The van der Waals surface area contributed by atoms with Crippen LogP contribution < -0.4 is 11.5 Å². The molecule has 0 saturated carbocycles.